The van der Waals surface area contributed by atoms with E-state index in [4.69, 9.17) is 11.6 Å². The summed E-state index contributed by atoms with van der Waals surface area (Å²) < 4.78 is 1.82. The minimum absolute atomic E-state index is 0.695. The second kappa shape index (κ2) is 6.08. The predicted octanol–water partition coefficient (Wildman–Crippen LogP) is 2.96. The molecule has 1 aliphatic rings. The Morgan fingerprint density at radius 3 is 2.90 bits per heavy atom. The third-order valence-corrected chi connectivity index (χ3v) is 4.09. The van der Waals surface area contributed by atoms with E-state index in [0.717, 1.165) is 23.8 Å². The first-order chi connectivity index (χ1) is 10.1. The molecular weight excluding hydrogens is 284 g/mol. The van der Waals surface area contributed by atoms with Crippen LogP contribution in [0.25, 0.3) is 0 Å². The Morgan fingerprint density at radius 2 is 2.24 bits per heavy atom. The van der Waals surface area contributed by atoms with Crippen LogP contribution in [0.1, 0.15) is 24.0 Å². The number of halogens is 1. The van der Waals surface area contributed by atoms with Crippen molar-refractivity contribution in [3.8, 4) is 0 Å². The minimum Gasteiger partial charge on any atom is -0.369 e. The Hall–Kier alpha value is -1.52. The molecule has 1 heterocycles. The van der Waals surface area contributed by atoms with Crippen molar-refractivity contribution in [1.82, 2.24) is 15.1 Å². The fourth-order valence-electron chi connectivity index (χ4n) is 2.58. The molecule has 1 N–H and O–H groups in total. The summed E-state index contributed by atoms with van der Waals surface area (Å²) in [7, 11) is 4.01. The molecule has 0 spiro atoms. The first kappa shape index (κ1) is 14.4. The summed E-state index contributed by atoms with van der Waals surface area (Å²) in [6, 6.07) is 6.82. The number of benzene rings is 1. The highest BCUT2D eigenvalue weighted by molar-refractivity contribution is 6.33. The molecule has 1 aliphatic carbocycles. The molecule has 2 aromatic rings. The summed E-state index contributed by atoms with van der Waals surface area (Å²) >= 11 is 6.44. The zero-order valence-corrected chi connectivity index (χ0v) is 13.3. The fourth-order valence-corrected chi connectivity index (χ4v) is 2.92. The van der Waals surface area contributed by atoms with Crippen molar-refractivity contribution in [2.45, 2.75) is 32.0 Å². The number of nitrogens with one attached hydrogen (secondary N) is 1. The quantitative estimate of drug-likeness (QED) is 0.891. The molecule has 0 bridgehead atoms. The molecule has 1 fully saturated rings. The van der Waals surface area contributed by atoms with Crippen LogP contribution in [0.3, 0.4) is 0 Å². The zero-order chi connectivity index (χ0) is 14.8. The molecule has 1 aromatic heterocycles. The Balaban J connectivity index is 1.77. The number of para-hydroxylation sites is 1. The molecule has 0 aliphatic heterocycles. The molecule has 0 unspecified atom stereocenters. The van der Waals surface area contributed by atoms with E-state index < -0.39 is 0 Å². The van der Waals surface area contributed by atoms with Crippen LogP contribution in [0.4, 0.5) is 5.69 Å². The Bertz CT molecular complexity index is 618. The number of nitrogens with zero attached hydrogens (tertiary/aromatic N) is 3. The van der Waals surface area contributed by atoms with Crippen LogP contribution in [-0.4, -0.2) is 22.9 Å². The average molecular weight is 305 g/mol. The van der Waals surface area contributed by atoms with Gasteiger partial charge in [0.1, 0.15) is 0 Å². The van der Waals surface area contributed by atoms with Crippen molar-refractivity contribution in [3.63, 3.8) is 0 Å². The van der Waals surface area contributed by atoms with Crippen LogP contribution in [-0.2, 0) is 20.1 Å². The molecule has 5 heteroatoms. The molecule has 0 radical (unpaired) electrons. The van der Waals surface area contributed by atoms with Gasteiger partial charge in [-0.15, -0.1) is 0 Å². The van der Waals surface area contributed by atoms with Crippen molar-refractivity contribution < 1.29 is 0 Å². The van der Waals surface area contributed by atoms with E-state index in [0.29, 0.717) is 6.04 Å². The van der Waals surface area contributed by atoms with E-state index in [2.05, 4.69) is 28.4 Å². The van der Waals surface area contributed by atoms with Gasteiger partial charge in [0, 0.05) is 45.0 Å². The maximum Gasteiger partial charge on any atom is 0.0642 e. The number of hydrogen-bond acceptors (Lipinski definition) is 3. The Labute approximate surface area is 130 Å². The van der Waals surface area contributed by atoms with Gasteiger partial charge in [0.2, 0.25) is 0 Å². The maximum atomic E-state index is 6.44. The van der Waals surface area contributed by atoms with E-state index >= 15 is 0 Å². The molecular formula is C16H21ClN4. The lowest BCUT2D eigenvalue weighted by Crippen LogP contribution is -2.22. The van der Waals surface area contributed by atoms with E-state index in [1.165, 1.54) is 24.0 Å². The number of anilines is 1. The van der Waals surface area contributed by atoms with Gasteiger partial charge in [0.05, 0.1) is 16.9 Å². The van der Waals surface area contributed by atoms with Gasteiger partial charge in [-0.2, -0.15) is 5.10 Å². The van der Waals surface area contributed by atoms with Gasteiger partial charge < -0.3 is 10.2 Å². The van der Waals surface area contributed by atoms with Gasteiger partial charge in [-0.05, 0) is 24.5 Å². The van der Waals surface area contributed by atoms with Gasteiger partial charge >= 0.3 is 0 Å². The van der Waals surface area contributed by atoms with Gasteiger partial charge in [-0.3, -0.25) is 4.68 Å². The SMILES string of the molecule is CN(Cc1cnn(C)c1)c1c(Cl)cccc1CNC1CC1. The largest absolute Gasteiger partial charge is 0.369 e. The molecule has 0 atom stereocenters. The normalized spacial score (nSPS) is 14.4. The smallest absolute Gasteiger partial charge is 0.0642 e. The summed E-state index contributed by atoms with van der Waals surface area (Å²) in [5.74, 6) is 0. The lowest BCUT2D eigenvalue weighted by molar-refractivity contribution is 0.685. The van der Waals surface area contributed by atoms with E-state index in [-0.39, 0.29) is 0 Å². The Kier molecular flexibility index (Phi) is 4.17. The fraction of sp³-hybridized carbons (Fsp3) is 0.438. The lowest BCUT2D eigenvalue weighted by atomic mass is 10.1. The highest BCUT2D eigenvalue weighted by atomic mass is 35.5. The maximum absolute atomic E-state index is 6.44. The standard InChI is InChI=1S/C16H21ClN4/c1-20(10-12-8-19-21(2)11-12)16-13(4-3-5-15(16)17)9-18-14-6-7-14/h3-5,8,11,14,18H,6-7,9-10H2,1-2H3. The molecule has 3 rings (SSSR count). The molecule has 112 valence electrons. The molecule has 21 heavy (non-hydrogen) atoms. The molecule has 0 saturated heterocycles. The lowest BCUT2D eigenvalue weighted by Gasteiger charge is -2.23. The van der Waals surface area contributed by atoms with Gasteiger partial charge in [0.25, 0.3) is 0 Å². The third kappa shape index (κ3) is 3.57. The molecule has 1 aromatic carbocycles. The minimum atomic E-state index is 0.695. The molecule has 1 saturated carbocycles. The van der Waals surface area contributed by atoms with Crippen LogP contribution < -0.4 is 10.2 Å². The van der Waals surface area contributed by atoms with E-state index in [9.17, 15) is 0 Å². The van der Waals surface area contributed by atoms with Crippen molar-refractivity contribution in [1.29, 1.82) is 0 Å². The first-order valence-electron chi connectivity index (χ1n) is 7.33. The predicted molar refractivity (Wildman–Crippen MR) is 86.6 cm³/mol. The summed E-state index contributed by atoms with van der Waals surface area (Å²) in [5.41, 5.74) is 3.54. The molecule has 4 nitrogen and oxygen atoms in total. The summed E-state index contributed by atoms with van der Waals surface area (Å²) in [5, 5.41) is 8.58. The number of aryl methyl sites for hydroxylation is 1. The van der Waals surface area contributed by atoms with Crippen LogP contribution in [0.2, 0.25) is 5.02 Å². The number of aromatic nitrogens is 2. The average Bonchev–Trinajstić information content (AvgIpc) is 3.19. The van der Waals surface area contributed by atoms with Crippen molar-refractivity contribution >= 4 is 17.3 Å². The van der Waals surface area contributed by atoms with Crippen LogP contribution >= 0.6 is 11.6 Å². The zero-order valence-electron chi connectivity index (χ0n) is 12.5. The second-order valence-corrected chi connectivity index (χ2v) is 6.19. The monoisotopic (exact) mass is 304 g/mol. The summed E-state index contributed by atoms with van der Waals surface area (Å²) in [4.78, 5) is 2.20. The number of rotatable bonds is 6. The third-order valence-electron chi connectivity index (χ3n) is 3.79. The van der Waals surface area contributed by atoms with Crippen LogP contribution in [0.15, 0.2) is 30.6 Å². The highest BCUT2D eigenvalue weighted by Gasteiger charge is 2.21. The van der Waals surface area contributed by atoms with Gasteiger partial charge in [-0.25, -0.2) is 0 Å². The van der Waals surface area contributed by atoms with Gasteiger partial charge in [-0.1, -0.05) is 23.7 Å². The topological polar surface area (TPSA) is 33.1 Å². The second-order valence-electron chi connectivity index (χ2n) is 5.78. The van der Waals surface area contributed by atoms with Crippen molar-refractivity contribution in [2.75, 3.05) is 11.9 Å². The van der Waals surface area contributed by atoms with Crippen LogP contribution in [0.5, 0.6) is 0 Å². The van der Waals surface area contributed by atoms with Crippen LogP contribution in [0, 0.1) is 0 Å². The Morgan fingerprint density at radius 1 is 1.43 bits per heavy atom. The van der Waals surface area contributed by atoms with E-state index in [1.54, 1.807) is 0 Å². The van der Waals surface area contributed by atoms with Gasteiger partial charge in [0.15, 0.2) is 0 Å². The number of hydrogen-bond donors (Lipinski definition) is 1. The summed E-state index contributed by atoms with van der Waals surface area (Å²) in [6.07, 6.45) is 6.52. The van der Waals surface area contributed by atoms with Crippen molar-refractivity contribution in [3.05, 3.63) is 46.7 Å². The van der Waals surface area contributed by atoms with E-state index in [1.807, 2.05) is 36.3 Å². The molecule has 0 amide bonds. The highest BCUT2D eigenvalue weighted by Crippen LogP contribution is 2.31. The first-order valence-corrected chi connectivity index (χ1v) is 7.70. The van der Waals surface area contributed by atoms with Crippen molar-refractivity contribution in [2.24, 2.45) is 7.05 Å². The summed E-state index contributed by atoms with van der Waals surface area (Å²) in [6.45, 7) is 1.67.